The van der Waals surface area contributed by atoms with Gasteiger partial charge in [0.1, 0.15) is 5.57 Å². The maximum Gasteiger partial charge on any atom is 0.345 e. The van der Waals surface area contributed by atoms with Crippen LogP contribution >= 0.6 is 0 Å². The predicted molar refractivity (Wildman–Crippen MR) is 59.4 cm³/mol. The first-order valence-electron chi connectivity index (χ1n) is 4.86. The average Bonchev–Trinajstić information content (AvgIpc) is 2.38. The SMILES string of the molecule is COC(=O)C(=CC1=CC(=O)C=CC1=O)C(=O)OC. The second kappa shape index (κ2) is 5.72. The van der Waals surface area contributed by atoms with Crippen molar-refractivity contribution in [1.29, 1.82) is 0 Å². The highest BCUT2D eigenvalue weighted by Gasteiger charge is 2.22. The molecule has 0 bridgehead atoms. The van der Waals surface area contributed by atoms with Gasteiger partial charge in [0, 0.05) is 5.57 Å². The summed E-state index contributed by atoms with van der Waals surface area (Å²) in [5.74, 6) is -2.79. The van der Waals surface area contributed by atoms with Gasteiger partial charge in [-0.3, -0.25) is 9.59 Å². The molecule has 0 unspecified atom stereocenters. The number of carbonyl (C=O) groups is 4. The Morgan fingerprint density at radius 2 is 1.61 bits per heavy atom. The van der Waals surface area contributed by atoms with Crippen molar-refractivity contribution in [2.75, 3.05) is 14.2 Å². The molecule has 1 aliphatic rings. The predicted octanol–water partition coefficient (Wildman–Crippen LogP) is -0.107. The fourth-order valence-corrected chi connectivity index (χ4v) is 1.22. The molecule has 0 aromatic heterocycles. The van der Waals surface area contributed by atoms with E-state index in [0.717, 1.165) is 38.5 Å². The molecule has 0 N–H and O–H groups in total. The summed E-state index contributed by atoms with van der Waals surface area (Å²) < 4.78 is 8.78. The largest absolute Gasteiger partial charge is 0.465 e. The van der Waals surface area contributed by atoms with Crippen molar-refractivity contribution in [2.24, 2.45) is 0 Å². The Kier molecular flexibility index (Phi) is 4.31. The molecule has 0 atom stereocenters. The molecule has 0 fully saturated rings. The number of hydrogen-bond acceptors (Lipinski definition) is 6. The Morgan fingerprint density at radius 3 is 2.11 bits per heavy atom. The first kappa shape index (κ1) is 13.6. The molecule has 0 amide bonds. The molecule has 0 saturated carbocycles. The van der Waals surface area contributed by atoms with Crippen LogP contribution in [0, 0.1) is 0 Å². The van der Waals surface area contributed by atoms with Crippen LogP contribution in [0.3, 0.4) is 0 Å². The second-order valence-electron chi connectivity index (χ2n) is 3.24. The number of carbonyl (C=O) groups excluding carboxylic acids is 4. The topological polar surface area (TPSA) is 86.7 Å². The lowest BCUT2D eigenvalue weighted by Crippen LogP contribution is -2.17. The Morgan fingerprint density at radius 1 is 1.06 bits per heavy atom. The molecule has 0 spiro atoms. The zero-order valence-corrected chi connectivity index (χ0v) is 9.76. The third-order valence-corrected chi connectivity index (χ3v) is 2.09. The lowest BCUT2D eigenvalue weighted by atomic mass is 10.0. The summed E-state index contributed by atoms with van der Waals surface area (Å²) in [7, 11) is 2.17. The molecule has 0 aliphatic heterocycles. The monoisotopic (exact) mass is 250 g/mol. The summed E-state index contributed by atoms with van der Waals surface area (Å²) in [5, 5.41) is 0. The standard InChI is InChI=1S/C12H10O6/c1-17-11(15)9(12(16)18-2)6-7-5-8(13)3-4-10(7)14/h3-6H,1-2H3. The molecular weight excluding hydrogens is 240 g/mol. The van der Waals surface area contributed by atoms with E-state index in [2.05, 4.69) is 9.47 Å². The summed E-state index contributed by atoms with van der Waals surface area (Å²) >= 11 is 0. The molecule has 1 rings (SSSR count). The van der Waals surface area contributed by atoms with Gasteiger partial charge in [0.05, 0.1) is 14.2 Å². The summed E-state index contributed by atoms with van der Waals surface area (Å²) in [6.45, 7) is 0. The highest BCUT2D eigenvalue weighted by molar-refractivity contribution is 6.21. The summed E-state index contributed by atoms with van der Waals surface area (Å²) in [6, 6.07) is 0. The van der Waals surface area contributed by atoms with Crippen LogP contribution in [0.2, 0.25) is 0 Å². The van der Waals surface area contributed by atoms with Gasteiger partial charge in [-0.1, -0.05) is 0 Å². The first-order valence-corrected chi connectivity index (χ1v) is 4.86. The summed E-state index contributed by atoms with van der Waals surface area (Å²) in [4.78, 5) is 45.2. The van der Waals surface area contributed by atoms with E-state index in [9.17, 15) is 19.2 Å². The van der Waals surface area contributed by atoms with Gasteiger partial charge in [0.15, 0.2) is 11.6 Å². The van der Waals surface area contributed by atoms with Crippen molar-refractivity contribution in [3.05, 3.63) is 35.5 Å². The van der Waals surface area contributed by atoms with E-state index in [1.165, 1.54) is 0 Å². The maximum absolute atomic E-state index is 11.4. The molecule has 18 heavy (non-hydrogen) atoms. The third-order valence-electron chi connectivity index (χ3n) is 2.09. The van der Waals surface area contributed by atoms with Crippen LogP contribution in [-0.2, 0) is 28.7 Å². The second-order valence-corrected chi connectivity index (χ2v) is 3.24. The molecule has 94 valence electrons. The van der Waals surface area contributed by atoms with E-state index in [1.54, 1.807) is 0 Å². The van der Waals surface area contributed by atoms with Gasteiger partial charge in [-0.2, -0.15) is 0 Å². The fraction of sp³-hybridized carbons (Fsp3) is 0.167. The third kappa shape index (κ3) is 3.00. The quantitative estimate of drug-likeness (QED) is 0.228. The van der Waals surface area contributed by atoms with Crippen molar-refractivity contribution in [2.45, 2.75) is 0 Å². The Balaban J connectivity index is 3.17. The van der Waals surface area contributed by atoms with Crippen molar-refractivity contribution < 1.29 is 28.7 Å². The average molecular weight is 250 g/mol. The molecule has 0 radical (unpaired) electrons. The van der Waals surface area contributed by atoms with Gasteiger partial charge < -0.3 is 9.47 Å². The van der Waals surface area contributed by atoms with Crippen molar-refractivity contribution in [3.63, 3.8) is 0 Å². The highest BCUT2D eigenvalue weighted by atomic mass is 16.5. The van der Waals surface area contributed by atoms with Crippen LogP contribution in [0.4, 0.5) is 0 Å². The number of rotatable bonds is 3. The van der Waals surface area contributed by atoms with Crippen molar-refractivity contribution in [3.8, 4) is 0 Å². The van der Waals surface area contributed by atoms with E-state index < -0.39 is 29.1 Å². The number of methoxy groups -OCH3 is 2. The molecule has 1 aliphatic carbocycles. The van der Waals surface area contributed by atoms with Crippen LogP contribution in [0.5, 0.6) is 0 Å². The van der Waals surface area contributed by atoms with Crippen LogP contribution in [0.1, 0.15) is 0 Å². The zero-order valence-electron chi connectivity index (χ0n) is 9.76. The van der Waals surface area contributed by atoms with Crippen LogP contribution in [0.25, 0.3) is 0 Å². The van der Waals surface area contributed by atoms with Gasteiger partial charge in [0.2, 0.25) is 0 Å². The minimum Gasteiger partial charge on any atom is -0.465 e. The van der Waals surface area contributed by atoms with E-state index in [0.29, 0.717) is 0 Å². The number of ether oxygens (including phenoxy) is 2. The number of allylic oxidation sites excluding steroid dienone is 5. The van der Waals surface area contributed by atoms with Gasteiger partial charge in [-0.05, 0) is 24.3 Å². The van der Waals surface area contributed by atoms with E-state index in [-0.39, 0.29) is 5.57 Å². The lowest BCUT2D eigenvalue weighted by molar-refractivity contribution is -0.144. The lowest BCUT2D eigenvalue weighted by Gasteiger charge is -2.05. The molecule has 6 heteroatoms. The number of hydrogen-bond donors (Lipinski definition) is 0. The Bertz CT molecular complexity index is 489. The van der Waals surface area contributed by atoms with Crippen molar-refractivity contribution >= 4 is 23.5 Å². The first-order chi connectivity index (χ1) is 8.49. The molecule has 6 nitrogen and oxygen atoms in total. The Hall–Kier alpha value is -2.50. The smallest absolute Gasteiger partial charge is 0.345 e. The van der Waals surface area contributed by atoms with E-state index in [4.69, 9.17) is 0 Å². The molecule has 0 aromatic rings. The van der Waals surface area contributed by atoms with Gasteiger partial charge >= 0.3 is 11.9 Å². The van der Waals surface area contributed by atoms with Crippen LogP contribution in [-0.4, -0.2) is 37.7 Å². The molecule has 0 aromatic carbocycles. The van der Waals surface area contributed by atoms with Crippen LogP contribution in [0.15, 0.2) is 35.5 Å². The normalized spacial score (nSPS) is 13.8. The summed E-state index contributed by atoms with van der Waals surface area (Å²) in [6.07, 6.45) is 4.14. The highest BCUT2D eigenvalue weighted by Crippen LogP contribution is 2.12. The van der Waals surface area contributed by atoms with Crippen LogP contribution < -0.4 is 0 Å². The maximum atomic E-state index is 11.4. The Labute approximate surface area is 103 Å². The minimum atomic E-state index is -0.947. The van der Waals surface area contributed by atoms with Gasteiger partial charge in [-0.15, -0.1) is 0 Å². The number of ketones is 2. The van der Waals surface area contributed by atoms with E-state index in [1.807, 2.05) is 0 Å². The van der Waals surface area contributed by atoms with Crippen molar-refractivity contribution in [1.82, 2.24) is 0 Å². The zero-order chi connectivity index (χ0) is 13.7. The molecular formula is C12H10O6. The molecule has 0 heterocycles. The van der Waals surface area contributed by atoms with Gasteiger partial charge in [0.25, 0.3) is 0 Å². The molecule has 0 saturated heterocycles. The fourth-order valence-electron chi connectivity index (χ4n) is 1.22. The summed E-state index contributed by atoms with van der Waals surface area (Å²) in [5.41, 5.74) is -0.531. The minimum absolute atomic E-state index is 0.0756. The van der Waals surface area contributed by atoms with Gasteiger partial charge in [-0.25, -0.2) is 9.59 Å². The van der Waals surface area contributed by atoms with E-state index >= 15 is 0 Å². The number of esters is 2.